The minimum absolute atomic E-state index is 0.0321. The van der Waals surface area contributed by atoms with Crippen LogP contribution in [0.3, 0.4) is 0 Å². The van der Waals surface area contributed by atoms with Gasteiger partial charge in [0.2, 0.25) is 0 Å². The highest BCUT2D eigenvalue weighted by atomic mass is 16.3. The van der Waals surface area contributed by atoms with Crippen LogP contribution in [0, 0.1) is 5.92 Å². The molecule has 0 amide bonds. The molecule has 0 heterocycles. The molecule has 2 heteroatoms. The third-order valence-corrected chi connectivity index (χ3v) is 1.17. The van der Waals surface area contributed by atoms with Crippen LogP contribution in [0.25, 0.3) is 0 Å². The van der Waals surface area contributed by atoms with E-state index in [0.717, 1.165) is 5.57 Å². The Balaban J connectivity index is 3.34. The number of hydrogen-bond donors (Lipinski definition) is 2. The Hall–Kier alpha value is -0.340. The van der Waals surface area contributed by atoms with Gasteiger partial charge in [0, 0.05) is 6.61 Å². The lowest BCUT2D eigenvalue weighted by molar-refractivity contribution is 0.231. The average Bonchev–Trinajstić information content (AvgIpc) is 1.87. The average molecular weight is 130 g/mol. The first-order chi connectivity index (χ1) is 4.20. The molecule has 0 aliphatic rings. The van der Waals surface area contributed by atoms with E-state index in [4.69, 9.17) is 10.2 Å². The Kier molecular flexibility index (Phi) is 4.36. The summed E-state index contributed by atoms with van der Waals surface area (Å²) in [5.41, 5.74) is 0.788. The fourth-order valence-corrected chi connectivity index (χ4v) is 0.622. The molecular weight excluding hydrogens is 116 g/mol. The van der Waals surface area contributed by atoms with Crippen molar-refractivity contribution >= 4 is 0 Å². The van der Waals surface area contributed by atoms with E-state index in [2.05, 4.69) is 6.58 Å². The number of aliphatic hydroxyl groups is 2. The zero-order chi connectivity index (χ0) is 7.28. The van der Waals surface area contributed by atoms with Gasteiger partial charge in [-0.1, -0.05) is 19.1 Å². The summed E-state index contributed by atoms with van der Waals surface area (Å²) in [7, 11) is 0. The van der Waals surface area contributed by atoms with Crippen molar-refractivity contribution in [1.29, 1.82) is 0 Å². The van der Waals surface area contributed by atoms with E-state index in [0.29, 0.717) is 6.42 Å². The molecule has 0 aliphatic heterocycles. The van der Waals surface area contributed by atoms with E-state index in [1.54, 1.807) is 0 Å². The lowest BCUT2D eigenvalue weighted by Crippen LogP contribution is -2.03. The largest absolute Gasteiger partial charge is 0.396 e. The maximum atomic E-state index is 8.56. The molecule has 0 aromatic rings. The fraction of sp³-hybridized carbons (Fsp3) is 0.714. The molecule has 2 N–H and O–H groups in total. The van der Waals surface area contributed by atoms with Gasteiger partial charge >= 0.3 is 0 Å². The standard InChI is InChI=1S/C7H14O2/c1-6(4-8)3-7(2)5-9/h7-9H,1,3-5H2,2H3. The highest BCUT2D eigenvalue weighted by Crippen LogP contribution is 2.06. The van der Waals surface area contributed by atoms with Crippen molar-refractivity contribution in [2.75, 3.05) is 13.2 Å². The van der Waals surface area contributed by atoms with Crippen LogP contribution in [0.4, 0.5) is 0 Å². The summed E-state index contributed by atoms with van der Waals surface area (Å²) in [4.78, 5) is 0. The Morgan fingerprint density at radius 1 is 1.56 bits per heavy atom. The van der Waals surface area contributed by atoms with Crippen LogP contribution < -0.4 is 0 Å². The van der Waals surface area contributed by atoms with Crippen LogP contribution in [0.2, 0.25) is 0 Å². The Bertz CT molecular complexity index is 88.9. The minimum Gasteiger partial charge on any atom is -0.396 e. The Labute approximate surface area is 55.8 Å². The van der Waals surface area contributed by atoms with Gasteiger partial charge < -0.3 is 10.2 Å². The Morgan fingerprint density at radius 2 is 2.11 bits per heavy atom. The third kappa shape index (κ3) is 4.18. The molecule has 0 aromatic carbocycles. The molecule has 54 valence electrons. The normalized spacial score (nSPS) is 13.2. The van der Waals surface area contributed by atoms with Gasteiger partial charge in [0.25, 0.3) is 0 Å². The van der Waals surface area contributed by atoms with Crippen molar-refractivity contribution in [1.82, 2.24) is 0 Å². The summed E-state index contributed by atoms with van der Waals surface area (Å²) in [6.45, 7) is 5.72. The topological polar surface area (TPSA) is 40.5 Å². The third-order valence-electron chi connectivity index (χ3n) is 1.17. The number of rotatable bonds is 4. The molecule has 2 nitrogen and oxygen atoms in total. The van der Waals surface area contributed by atoms with E-state index in [1.807, 2.05) is 6.92 Å². The summed E-state index contributed by atoms with van der Waals surface area (Å²) in [6.07, 6.45) is 0.715. The quantitative estimate of drug-likeness (QED) is 0.546. The van der Waals surface area contributed by atoms with Crippen molar-refractivity contribution in [2.45, 2.75) is 13.3 Å². The smallest absolute Gasteiger partial charge is 0.0639 e. The highest BCUT2D eigenvalue weighted by molar-refractivity contribution is 4.94. The summed E-state index contributed by atoms with van der Waals surface area (Å²) < 4.78 is 0. The molecule has 0 aliphatic carbocycles. The number of aliphatic hydroxyl groups excluding tert-OH is 2. The summed E-state index contributed by atoms with van der Waals surface area (Å²) in [5, 5.41) is 17.1. The monoisotopic (exact) mass is 130 g/mol. The molecule has 1 unspecified atom stereocenters. The predicted molar refractivity (Wildman–Crippen MR) is 37.1 cm³/mol. The molecule has 0 bridgehead atoms. The molecule has 0 saturated carbocycles. The molecule has 1 atom stereocenters. The summed E-state index contributed by atoms with van der Waals surface area (Å²) in [5.74, 6) is 0.227. The van der Waals surface area contributed by atoms with Gasteiger partial charge in [0.15, 0.2) is 0 Å². The van der Waals surface area contributed by atoms with Gasteiger partial charge in [-0.25, -0.2) is 0 Å². The first kappa shape index (κ1) is 8.66. The van der Waals surface area contributed by atoms with Crippen LogP contribution in [0.1, 0.15) is 13.3 Å². The van der Waals surface area contributed by atoms with Crippen LogP contribution in [-0.4, -0.2) is 23.4 Å². The maximum Gasteiger partial charge on any atom is 0.0639 e. The predicted octanol–water partition coefficient (Wildman–Crippen LogP) is 0.553. The number of hydrogen-bond acceptors (Lipinski definition) is 2. The molecule has 0 spiro atoms. The van der Waals surface area contributed by atoms with Gasteiger partial charge in [0.05, 0.1) is 6.61 Å². The first-order valence-corrected chi connectivity index (χ1v) is 3.09. The van der Waals surface area contributed by atoms with Crippen LogP contribution in [0.15, 0.2) is 12.2 Å². The molecular formula is C7H14O2. The van der Waals surface area contributed by atoms with Crippen molar-refractivity contribution in [3.8, 4) is 0 Å². The molecule has 9 heavy (non-hydrogen) atoms. The zero-order valence-electron chi connectivity index (χ0n) is 5.80. The van der Waals surface area contributed by atoms with Crippen LogP contribution in [-0.2, 0) is 0 Å². The van der Waals surface area contributed by atoms with Gasteiger partial charge in [-0.2, -0.15) is 0 Å². The lowest BCUT2D eigenvalue weighted by atomic mass is 10.0. The van der Waals surface area contributed by atoms with Gasteiger partial charge in [0.1, 0.15) is 0 Å². The van der Waals surface area contributed by atoms with E-state index in [1.165, 1.54) is 0 Å². The molecule has 0 radical (unpaired) electrons. The van der Waals surface area contributed by atoms with E-state index in [-0.39, 0.29) is 19.1 Å². The molecule has 0 rings (SSSR count). The van der Waals surface area contributed by atoms with Gasteiger partial charge in [-0.05, 0) is 12.3 Å². The Morgan fingerprint density at radius 3 is 2.44 bits per heavy atom. The SMILES string of the molecule is C=C(CO)CC(C)CO. The minimum atomic E-state index is 0.0321. The maximum absolute atomic E-state index is 8.56. The second kappa shape index (κ2) is 4.53. The molecule has 0 aromatic heterocycles. The van der Waals surface area contributed by atoms with Gasteiger partial charge in [-0.15, -0.1) is 0 Å². The molecule has 0 fully saturated rings. The second-order valence-corrected chi connectivity index (χ2v) is 2.40. The van der Waals surface area contributed by atoms with E-state index in [9.17, 15) is 0 Å². The summed E-state index contributed by atoms with van der Waals surface area (Å²) in [6, 6.07) is 0. The van der Waals surface area contributed by atoms with E-state index >= 15 is 0 Å². The zero-order valence-corrected chi connectivity index (χ0v) is 5.80. The van der Waals surface area contributed by atoms with Crippen molar-refractivity contribution in [3.05, 3.63) is 12.2 Å². The van der Waals surface area contributed by atoms with Crippen molar-refractivity contribution in [3.63, 3.8) is 0 Å². The summed E-state index contributed by atoms with van der Waals surface area (Å²) >= 11 is 0. The van der Waals surface area contributed by atoms with Crippen molar-refractivity contribution in [2.24, 2.45) is 5.92 Å². The lowest BCUT2D eigenvalue weighted by Gasteiger charge is -2.06. The molecule has 0 saturated heterocycles. The second-order valence-electron chi connectivity index (χ2n) is 2.40. The van der Waals surface area contributed by atoms with Crippen molar-refractivity contribution < 1.29 is 10.2 Å². The van der Waals surface area contributed by atoms with E-state index < -0.39 is 0 Å². The fourth-order valence-electron chi connectivity index (χ4n) is 0.622. The van der Waals surface area contributed by atoms with Crippen LogP contribution >= 0.6 is 0 Å². The van der Waals surface area contributed by atoms with Crippen LogP contribution in [0.5, 0.6) is 0 Å². The highest BCUT2D eigenvalue weighted by Gasteiger charge is 2.00. The van der Waals surface area contributed by atoms with Gasteiger partial charge in [-0.3, -0.25) is 0 Å². The first-order valence-electron chi connectivity index (χ1n) is 3.09.